The quantitative estimate of drug-likeness (QED) is 0.697. The zero-order valence-corrected chi connectivity index (χ0v) is 9.08. The first-order valence-corrected chi connectivity index (χ1v) is 5.46. The minimum Gasteiger partial charge on any atom is -0.444 e. The van der Waals surface area contributed by atoms with Crippen molar-refractivity contribution in [3.63, 3.8) is 0 Å². The van der Waals surface area contributed by atoms with Crippen molar-refractivity contribution in [3.05, 3.63) is 18.4 Å². The van der Waals surface area contributed by atoms with E-state index in [1.165, 1.54) is 12.5 Å². The Balaban J connectivity index is 2.90. The third-order valence-corrected chi connectivity index (χ3v) is 3.46. The van der Waals surface area contributed by atoms with E-state index < -0.39 is 14.8 Å². The maximum absolute atomic E-state index is 11.5. The molecule has 1 aromatic heterocycles. The summed E-state index contributed by atoms with van der Waals surface area (Å²) in [5.74, 6) is 0.179. The average molecular weight is 216 g/mol. The highest BCUT2D eigenvalue weighted by molar-refractivity contribution is 7.91. The lowest BCUT2D eigenvalue weighted by Crippen LogP contribution is -2.25. The Morgan fingerprint density at radius 3 is 2.57 bits per heavy atom. The monoisotopic (exact) mass is 216 g/mol. The van der Waals surface area contributed by atoms with Crippen LogP contribution in [-0.2, 0) is 10.0 Å². The number of aromatic nitrogens is 1. The highest BCUT2D eigenvalue weighted by Gasteiger charge is 2.27. The minimum atomic E-state index is -3.50. The lowest BCUT2D eigenvalue weighted by molar-refractivity contribution is 0.548. The molecule has 0 saturated carbocycles. The summed E-state index contributed by atoms with van der Waals surface area (Å²) < 4.78 is 30.3. The van der Waals surface area contributed by atoms with Gasteiger partial charge in [0.15, 0.2) is 0 Å². The summed E-state index contributed by atoms with van der Waals surface area (Å²) in [4.78, 5) is 3.72. The van der Waals surface area contributed by atoms with Crippen LogP contribution in [0, 0.1) is 0 Å². The summed E-state index contributed by atoms with van der Waals surface area (Å²) in [7, 11) is -3.50. The summed E-state index contributed by atoms with van der Waals surface area (Å²) in [5.41, 5.74) is 0. The molecule has 0 bridgehead atoms. The van der Waals surface area contributed by atoms with Crippen molar-refractivity contribution in [3.8, 4) is 0 Å². The Morgan fingerprint density at radius 2 is 2.14 bits per heavy atom. The summed E-state index contributed by atoms with van der Waals surface area (Å²) >= 11 is 0. The second-order valence-electron chi connectivity index (χ2n) is 3.69. The van der Waals surface area contributed by atoms with Gasteiger partial charge in [0.1, 0.15) is 12.5 Å². The van der Waals surface area contributed by atoms with Gasteiger partial charge in [0, 0.05) is 0 Å². The summed E-state index contributed by atoms with van der Waals surface area (Å²) in [6.07, 6.45) is 3.87. The molecule has 0 radical (unpaired) electrons. The number of nitrogens with zero attached hydrogens (tertiary/aromatic N) is 2. The number of sulfonamides is 1. The van der Waals surface area contributed by atoms with Gasteiger partial charge in [0.05, 0.1) is 10.9 Å². The van der Waals surface area contributed by atoms with E-state index in [2.05, 4.69) is 9.38 Å². The molecule has 5 nitrogen and oxygen atoms in total. The van der Waals surface area contributed by atoms with Gasteiger partial charge in [-0.05, 0) is 20.8 Å². The van der Waals surface area contributed by atoms with Crippen LogP contribution >= 0.6 is 0 Å². The maximum Gasteiger partial charge on any atom is 0.258 e. The molecule has 0 atom stereocenters. The van der Waals surface area contributed by atoms with Crippen molar-refractivity contribution in [2.24, 2.45) is 4.40 Å². The Hall–Kier alpha value is -1.17. The van der Waals surface area contributed by atoms with E-state index >= 15 is 0 Å². The molecule has 78 valence electrons. The molecule has 1 aromatic rings. The predicted octanol–water partition coefficient (Wildman–Crippen LogP) is 1.22. The fourth-order valence-corrected chi connectivity index (χ4v) is 1.12. The molecule has 0 saturated heterocycles. The van der Waals surface area contributed by atoms with Crippen LogP contribution in [0.15, 0.2) is 21.3 Å². The van der Waals surface area contributed by atoms with Gasteiger partial charge in [-0.1, -0.05) is 0 Å². The van der Waals surface area contributed by atoms with E-state index in [1.54, 1.807) is 20.8 Å². The van der Waals surface area contributed by atoms with Crippen LogP contribution in [0.5, 0.6) is 0 Å². The van der Waals surface area contributed by atoms with Crippen LogP contribution < -0.4 is 0 Å². The Bertz CT molecular complexity index is 412. The summed E-state index contributed by atoms with van der Waals surface area (Å²) in [6, 6.07) is 0. The Morgan fingerprint density at radius 1 is 1.50 bits per heavy atom. The molecular weight excluding hydrogens is 204 g/mol. The molecule has 14 heavy (non-hydrogen) atoms. The van der Waals surface area contributed by atoms with Crippen LogP contribution in [0.3, 0.4) is 0 Å². The van der Waals surface area contributed by atoms with Gasteiger partial charge in [0.25, 0.3) is 10.0 Å². The van der Waals surface area contributed by atoms with E-state index in [0.29, 0.717) is 0 Å². The molecule has 1 heterocycles. The van der Waals surface area contributed by atoms with Crippen molar-refractivity contribution >= 4 is 16.2 Å². The fourth-order valence-electron chi connectivity index (χ4n) is 0.571. The SMILES string of the molecule is CC(C)(C)S(=O)(=O)/N=C/c1ncco1. The molecule has 0 spiro atoms. The average Bonchev–Trinajstić information content (AvgIpc) is 2.50. The van der Waals surface area contributed by atoms with Crippen molar-refractivity contribution in [2.45, 2.75) is 25.5 Å². The minimum absolute atomic E-state index is 0.179. The van der Waals surface area contributed by atoms with Crippen LogP contribution in [0.25, 0.3) is 0 Å². The number of hydrogen-bond acceptors (Lipinski definition) is 4. The number of hydrogen-bond donors (Lipinski definition) is 0. The van der Waals surface area contributed by atoms with Crippen molar-refractivity contribution in [1.29, 1.82) is 0 Å². The van der Waals surface area contributed by atoms with Gasteiger partial charge in [-0.2, -0.15) is 4.40 Å². The second-order valence-corrected chi connectivity index (χ2v) is 6.08. The maximum atomic E-state index is 11.5. The Labute approximate surface area is 82.9 Å². The topological polar surface area (TPSA) is 72.5 Å². The summed E-state index contributed by atoms with van der Waals surface area (Å²) in [6.45, 7) is 4.74. The molecule has 0 N–H and O–H groups in total. The third-order valence-electron chi connectivity index (χ3n) is 1.53. The van der Waals surface area contributed by atoms with Crippen molar-refractivity contribution in [2.75, 3.05) is 0 Å². The molecule has 6 heteroatoms. The number of oxazole rings is 1. The van der Waals surface area contributed by atoms with Gasteiger partial charge in [-0.15, -0.1) is 0 Å². The number of rotatable bonds is 2. The first kappa shape index (κ1) is 10.9. The first-order chi connectivity index (χ1) is 6.33. The zero-order valence-electron chi connectivity index (χ0n) is 8.26. The van der Waals surface area contributed by atoms with Crippen LogP contribution in [0.4, 0.5) is 0 Å². The highest BCUT2D eigenvalue weighted by atomic mass is 32.2. The molecular formula is C8H12N2O3S. The third kappa shape index (κ3) is 2.41. The molecule has 0 aliphatic heterocycles. The standard InChI is InChI=1S/C8H12N2O3S/c1-8(2,3)14(11,12)10-6-7-9-4-5-13-7/h4-6H,1-3H3/b10-6+. The van der Waals surface area contributed by atoms with Gasteiger partial charge in [-0.3, -0.25) is 0 Å². The Kier molecular flexibility index (Phi) is 2.75. The van der Waals surface area contributed by atoms with Crippen LogP contribution in [-0.4, -0.2) is 24.4 Å². The first-order valence-electron chi connectivity index (χ1n) is 4.02. The van der Waals surface area contributed by atoms with Gasteiger partial charge >= 0.3 is 0 Å². The smallest absolute Gasteiger partial charge is 0.258 e. The van der Waals surface area contributed by atoms with E-state index in [9.17, 15) is 8.42 Å². The lowest BCUT2D eigenvalue weighted by atomic mass is 10.3. The normalized spacial score (nSPS) is 13.6. The van der Waals surface area contributed by atoms with E-state index in [-0.39, 0.29) is 5.89 Å². The van der Waals surface area contributed by atoms with Gasteiger partial charge in [-0.25, -0.2) is 13.4 Å². The molecule has 0 unspecified atom stereocenters. The zero-order chi connectivity index (χ0) is 10.8. The molecule has 1 rings (SSSR count). The van der Waals surface area contributed by atoms with Crippen molar-refractivity contribution < 1.29 is 12.8 Å². The van der Waals surface area contributed by atoms with E-state index in [1.807, 2.05) is 0 Å². The molecule has 0 amide bonds. The fraction of sp³-hybridized carbons (Fsp3) is 0.500. The van der Waals surface area contributed by atoms with E-state index in [4.69, 9.17) is 4.42 Å². The largest absolute Gasteiger partial charge is 0.444 e. The lowest BCUT2D eigenvalue weighted by Gasteiger charge is -2.13. The van der Waals surface area contributed by atoms with Gasteiger partial charge in [0.2, 0.25) is 5.89 Å². The van der Waals surface area contributed by atoms with Crippen LogP contribution in [0.1, 0.15) is 26.7 Å². The van der Waals surface area contributed by atoms with Crippen LogP contribution in [0.2, 0.25) is 0 Å². The molecule has 0 fully saturated rings. The van der Waals surface area contributed by atoms with E-state index in [0.717, 1.165) is 6.21 Å². The molecule has 0 aromatic carbocycles. The predicted molar refractivity (Wildman–Crippen MR) is 52.8 cm³/mol. The molecule has 0 aliphatic rings. The summed E-state index contributed by atoms with van der Waals surface area (Å²) in [5, 5.41) is 0. The molecule has 0 aliphatic carbocycles. The van der Waals surface area contributed by atoms with Crippen molar-refractivity contribution in [1.82, 2.24) is 4.98 Å². The van der Waals surface area contributed by atoms with Gasteiger partial charge < -0.3 is 4.42 Å². The highest BCUT2D eigenvalue weighted by Crippen LogP contribution is 2.16. The second kappa shape index (κ2) is 3.53.